The maximum Gasteiger partial charge on any atom is 0.178 e. The third-order valence-electron chi connectivity index (χ3n) is 6.93. The van der Waals surface area contributed by atoms with E-state index in [0.717, 1.165) is 36.1 Å². The van der Waals surface area contributed by atoms with Crippen molar-refractivity contribution in [3.63, 3.8) is 0 Å². The van der Waals surface area contributed by atoms with E-state index in [2.05, 4.69) is 6.92 Å². The Hall–Kier alpha value is -2.11. The quantitative estimate of drug-likeness (QED) is 0.119. The highest BCUT2D eigenvalue weighted by atomic mass is 32.2. The van der Waals surface area contributed by atoms with Crippen LogP contribution in [0.25, 0.3) is 12.2 Å². The maximum absolute atomic E-state index is 12.7. The van der Waals surface area contributed by atoms with Crippen LogP contribution in [0.3, 0.4) is 0 Å². The number of ether oxygens (including phenoxy) is 1. The molecule has 212 valence electrons. The molecule has 0 saturated carbocycles. The number of aliphatic hydroxyl groups is 1. The molecule has 0 aromatic heterocycles. The van der Waals surface area contributed by atoms with Gasteiger partial charge in [-0.25, -0.2) is 8.42 Å². The standard InChI is InChI=1S/C33H50O4S/c1-2-3-4-5-6-7-8-9-10-11-12-13-14-15-29-38(35,36)33-25-21-31(22-26-33)18-17-30-19-23-32(24-20-30)37-28-16-27-34/h17-26,34H,2-16,27-29H2,1H3/b18-17+. The van der Waals surface area contributed by atoms with Crippen LogP contribution in [-0.2, 0) is 9.84 Å². The Balaban J connectivity index is 1.60. The molecule has 0 radical (unpaired) electrons. The number of hydrogen-bond acceptors (Lipinski definition) is 4. The molecule has 5 heteroatoms. The summed E-state index contributed by atoms with van der Waals surface area (Å²) in [4.78, 5) is 0.411. The summed E-state index contributed by atoms with van der Waals surface area (Å²) in [5.41, 5.74) is 2.00. The average Bonchev–Trinajstić information content (AvgIpc) is 2.93. The van der Waals surface area contributed by atoms with Gasteiger partial charge in [-0.1, -0.05) is 127 Å². The van der Waals surface area contributed by atoms with E-state index in [1.54, 1.807) is 12.1 Å². The lowest BCUT2D eigenvalue weighted by atomic mass is 10.0. The molecule has 0 heterocycles. The van der Waals surface area contributed by atoms with E-state index in [-0.39, 0.29) is 12.4 Å². The lowest BCUT2D eigenvalue weighted by Gasteiger charge is -2.06. The number of benzene rings is 2. The van der Waals surface area contributed by atoms with Crippen LogP contribution in [-0.4, -0.2) is 32.5 Å². The first-order valence-electron chi connectivity index (χ1n) is 14.9. The van der Waals surface area contributed by atoms with Crippen molar-refractivity contribution in [1.29, 1.82) is 0 Å². The summed E-state index contributed by atoms with van der Waals surface area (Å²) >= 11 is 0. The smallest absolute Gasteiger partial charge is 0.178 e. The molecule has 0 saturated heterocycles. The monoisotopic (exact) mass is 542 g/mol. The predicted octanol–water partition coefficient (Wildman–Crippen LogP) is 8.87. The van der Waals surface area contributed by atoms with Gasteiger partial charge in [-0.05, 0) is 41.8 Å². The topological polar surface area (TPSA) is 63.6 Å². The molecule has 0 unspecified atom stereocenters. The molecule has 2 rings (SSSR count). The van der Waals surface area contributed by atoms with Crippen LogP contribution in [0, 0.1) is 0 Å². The molecule has 1 N–H and O–H groups in total. The first-order chi connectivity index (χ1) is 18.5. The molecule has 0 aliphatic carbocycles. The Morgan fingerprint density at radius 1 is 0.632 bits per heavy atom. The van der Waals surface area contributed by atoms with E-state index in [9.17, 15) is 8.42 Å². The largest absolute Gasteiger partial charge is 0.494 e. The minimum Gasteiger partial charge on any atom is -0.494 e. The molecule has 0 bridgehead atoms. The molecule has 0 spiro atoms. The van der Waals surface area contributed by atoms with Crippen molar-refractivity contribution in [2.24, 2.45) is 0 Å². The van der Waals surface area contributed by atoms with Gasteiger partial charge in [-0.3, -0.25) is 0 Å². The molecule has 38 heavy (non-hydrogen) atoms. The van der Waals surface area contributed by atoms with Crippen LogP contribution in [0.15, 0.2) is 53.4 Å². The molecular weight excluding hydrogens is 492 g/mol. The van der Waals surface area contributed by atoms with E-state index in [0.29, 0.717) is 17.9 Å². The number of sulfone groups is 1. The Bertz CT molecular complexity index is 979. The normalized spacial score (nSPS) is 11.8. The number of unbranched alkanes of at least 4 members (excludes halogenated alkanes) is 13. The van der Waals surface area contributed by atoms with Gasteiger partial charge in [0.15, 0.2) is 9.84 Å². The minimum atomic E-state index is -3.23. The molecule has 0 fully saturated rings. The number of aliphatic hydroxyl groups excluding tert-OH is 1. The van der Waals surface area contributed by atoms with Gasteiger partial charge < -0.3 is 9.84 Å². The molecule has 0 atom stereocenters. The van der Waals surface area contributed by atoms with E-state index in [1.807, 2.05) is 48.6 Å². The summed E-state index contributed by atoms with van der Waals surface area (Å²) in [6.45, 7) is 2.89. The summed E-state index contributed by atoms with van der Waals surface area (Å²) in [6.07, 6.45) is 22.3. The van der Waals surface area contributed by atoms with Gasteiger partial charge in [0.05, 0.1) is 17.3 Å². The third kappa shape index (κ3) is 14.2. The first-order valence-corrected chi connectivity index (χ1v) is 16.5. The van der Waals surface area contributed by atoms with Crippen molar-refractivity contribution >= 4 is 22.0 Å². The number of rotatable bonds is 22. The SMILES string of the molecule is CCCCCCCCCCCCCCCCS(=O)(=O)c1ccc(/C=C/c2ccc(OCCCO)cc2)cc1. The van der Waals surface area contributed by atoms with Crippen LogP contribution in [0.4, 0.5) is 0 Å². The zero-order valence-corrected chi connectivity index (χ0v) is 24.4. The highest BCUT2D eigenvalue weighted by Gasteiger charge is 2.13. The lowest BCUT2D eigenvalue weighted by Crippen LogP contribution is -2.06. The van der Waals surface area contributed by atoms with Crippen molar-refractivity contribution in [1.82, 2.24) is 0 Å². The van der Waals surface area contributed by atoms with E-state index in [4.69, 9.17) is 9.84 Å². The second-order valence-corrected chi connectivity index (χ2v) is 12.4. The van der Waals surface area contributed by atoms with Crippen LogP contribution in [0.2, 0.25) is 0 Å². The fraction of sp³-hybridized carbons (Fsp3) is 0.576. The Morgan fingerprint density at radius 2 is 1.08 bits per heavy atom. The summed E-state index contributed by atoms with van der Waals surface area (Å²) < 4.78 is 31.0. The lowest BCUT2D eigenvalue weighted by molar-refractivity contribution is 0.233. The molecule has 2 aromatic carbocycles. The third-order valence-corrected chi connectivity index (χ3v) is 8.74. The van der Waals surface area contributed by atoms with E-state index in [1.165, 1.54) is 70.6 Å². The van der Waals surface area contributed by atoms with Crippen LogP contribution >= 0.6 is 0 Å². The maximum atomic E-state index is 12.7. The molecular formula is C33H50O4S. The van der Waals surface area contributed by atoms with E-state index < -0.39 is 9.84 Å². The molecule has 0 amide bonds. The zero-order valence-electron chi connectivity index (χ0n) is 23.6. The van der Waals surface area contributed by atoms with Gasteiger partial charge in [-0.2, -0.15) is 0 Å². The zero-order chi connectivity index (χ0) is 27.3. The highest BCUT2D eigenvalue weighted by molar-refractivity contribution is 7.91. The fourth-order valence-corrected chi connectivity index (χ4v) is 5.88. The Morgan fingerprint density at radius 3 is 1.55 bits per heavy atom. The van der Waals surface area contributed by atoms with Crippen molar-refractivity contribution in [2.75, 3.05) is 19.0 Å². The number of hydrogen-bond donors (Lipinski definition) is 1. The Labute approximate surface area is 232 Å². The second kappa shape index (κ2) is 19.9. The van der Waals surface area contributed by atoms with Gasteiger partial charge in [0.25, 0.3) is 0 Å². The van der Waals surface area contributed by atoms with Crippen molar-refractivity contribution < 1.29 is 18.3 Å². The van der Waals surface area contributed by atoms with Gasteiger partial charge in [-0.15, -0.1) is 0 Å². The molecule has 0 aliphatic heterocycles. The predicted molar refractivity (Wildman–Crippen MR) is 161 cm³/mol. The summed E-state index contributed by atoms with van der Waals surface area (Å²) in [7, 11) is -3.23. The van der Waals surface area contributed by atoms with Gasteiger partial charge >= 0.3 is 0 Å². The Kier molecular flexibility index (Phi) is 16.8. The van der Waals surface area contributed by atoms with Crippen LogP contribution in [0.1, 0.15) is 114 Å². The summed E-state index contributed by atoms with van der Waals surface area (Å²) in [5, 5.41) is 8.83. The molecule has 4 nitrogen and oxygen atoms in total. The second-order valence-electron chi connectivity index (χ2n) is 10.3. The van der Waals surface area contributed by atoms with Crippen molar-refractivity contribution in [3.8, 4) is 5.75 Å². The van der Waals surface area contributed by atoms with Gasteiger partial charge in [0.1, 0.15) is 5.75 Å². The minimum absolute atomic E-state index is 0.125. The average molecular weight is 543 g/mol. The van der Waals surface area contributed by atoms with Crippen LogP contribution < -0.4 is 4.74 Å². The highest BCUT2D eigenvalue weighted by Crippen LogP contribution is 2.19. The van der Waals surface area contributed by atoms with Crippen LogP contribution in [0.5, 0.6) is 5.75 Å². The van der Waals surface area contributed by atoms with Crippen molar-refractivity contribution in [2.45, 2.75) is 108 Å². The van der Waals surface area contributed by atoms with Crippen molar-refractivity contribution in [3.05, 3.63) is 59.7 Å². The van der Waals surface area contributed by atoms with Gasteiger partial charge in [0.2, 0.25) is 0 Å². The fourth-order valence-electron chi connectivity index (χ4n) is 4.51. The summed E-state index contributed by atoms with van der Waals surface area (Å²) in [5.74, 6) is 1.01. The summed E-state index contributed by atoms with van der Waals surface area (Å²) in [6, 6.07) is 14.9. The molecule has 2 aromatic rings. The first kappa shape index (κ1) is 32.1. The van der Waals surface area contributed by atoms with E-state index >= 15 is 0 Å². The van der Waals surface area contributed by atoms with Gasteiger partial charge in [0, 0.05) is 13.0 Å². The molecule has 0 aliphatic rings.